The highest BCUT2D eigenvalue weighted by Crippen LogP contribution is 2.29. The zero-order valence-electron chi connectivity index (χ0n) is 12.6. The highest BCUT2D eigenvalue weighted by atomic mass is 32.1. The Labute approximate surface area is 124 Å². The van der Waals surface area contributed by atoms with Gasteiger partial charge in [-0.3, -0.25) is 0 Å². The maximum Gasteiger partial charge on any atom is 0.00987 e. The molecule has 1 aromatic heterocycles. The van der Waals surface area contributed by atoms with Crippen molar-refractivity contribution >= 4 is 11.3 Å². The summed E-state index contributed by atoms with van der Waals surface area (Å²) < 4.78 is 0. The molecule has 0 amide bonds. The van der Waals surface area contributed by atoms with E-state index in [1.807, 2.05) is 11.3 Å². The minimum Gasteiger partial charge on any atom is -0.148 e. The fourth-order valence-electron chi connectivity index (χ4n) is 1.72. The van der Waals surface area contributed by atoms with Crippen LogP contribution in [0.1, 0.15) is 60.3 Å². The molecule has 0 unspecified atom stereocenters. The van der Waals surface area contributed by atoms with Crippen LogP contribution in [-0.4, -0.2) is 0 Å². The number of allylic oxidation sites excluding steroid dienone is 4. The van der Waals surface area contributed by atoms with Gasteiger partial charge in [0.2, 0.25) is 0 Å². The Hall–Kier alpha value is -0.820. The lowest BCUT2D eigenvalue weighted by Crippen LogP contribution is -2.07. The summed E-state index contributed by atoms with van der Waals surface area (Å²) in [4.78, 5) is 1.46. The monoisotopic (exact) mass is 278 g/mol. The van der Waals surface area contributed by atoms with Crippen LogP contribution in [0.2, 0.25) is 0 Å². The van der Waals surface area contributed by atoms with Crippen LogP contribution in [-0.2, 0) is 5.41 Å². The van der Waals surface area contributed by atoms with E-state index in [0.717, 1.165) is 6.42 Å². The number of rotatable bonds is 0. The molecule has 0 spiro atoms. The fraction of sp³-hybridized carbons (Fsp3) is 0.556. The van der Waals surface area contributed by atoms with Crippen molar-refractivity contribution in [3.63, 3.8) is 0 Å². The van der Waals surface area contributed by atoms with Crippen LogP contribution >= 0.6 is 11.3 Å². The van der Waals surface area contributed by atoms with Gasteiger partial charge in [-0.15, -0.1) is 11.3 Å². The SMILES string of the molecule is C.CC(C)(C)C1=CCC=C1.CC(C)(C)c1cccs1. The van der Waals surface area contributed by atoms with Crippen molar-refractivity contribution in [3.8, 4) is 0 Å². The van der Waals surface area contributed by atoms with E-state index < -0.39 is 0 Å². The standard InChI is InChI=1S/C9H14.C8H12S.CH4/c1-9(2,3)8-6-4-5-7-8;1-8(2,3)7-5-4-6-9-7;/h4,6-7H,5H2,1-3H3;4-6H,1-3H3;1H4. The zero-order chi connectivity index (χ0) is 13.8. The highest BCUT2D eigenvalue weighted by Gasteiger charge is 2.15. The summed E-state index contributed by atoms with van der Waals surface area (Å²) in [6, 6.07) is 4.29. The van der Waals surface area contributed by atoms with E-state index in [1.54, 1.807) is 0 Å². The largest absolute Gasteiger partial charge is 0.148 e. The van der Waals surface area contributed by atoms with Crippen molar-refractivity contribution < 1.29 is 0 Å². The summed E-state index contributed by atoms with van der Waals surface area (Å²) in [7, 11) is 0. The second kappa shape index (κ2) is 7.09. The summed E-state index contributed by atoms with van der Waals surface area (Å²) in [6.45, 7) is 13.4. The molecule has 1 heterocycles. The van der Waals surface area contributed by atoms with Gasteiger partial charge in [-0.25, -0.2) is 0 Å². The Morgan fingerprint density at radius 3 is 1.84 bits per heavy atom. The van der Waals surface area contributed by atoms with Crippen molar-refractivity contribution in [2.45, 2.75) is 60.8 Å². The topological polar surface area (TPSA) is 0 Å². The summed E-state index contributed by atoms with van der Waals surface area (Å²) in [6.07, 6.45) is 7.85. The van der Waals surface area contributed by atoms with Gasteiger partial charge in [0.05, 0.1) is 0 Å². The van der Waals surface area contributed by atoms with E-state index in [4.69, 9.17) is 0 Å². The third-order valence-electron chi connectivity index (χ3n) is 2.90. The molecule has 0 nitrogen and oxygen atoms in total. The predicted molar refractivity (Wildman–Crippen MR) is 91.0 cm³/mol. The van der Waals surface area contributed by atoms with Gasteiger partial charge in [0.15, 0.2) is 0 Å². The lowest BCUT2D eigenvalue weighted by molar-refractivity contribution is 0.518. The first-order valence-corrected chi connectivity index (χ1v) is 7.50. The molecule has 1 aromatic rings. The van der Waals surface area contributed by atoms with Gasteiger partial charge >= 0.3 is 0 Å². The summed E-state index contributed by atoms with van der Waals surface area (Å²) in [5, 5.41) is 2.13. The van der Waals surface area contributed by atoms with Crippen LogP contribution < -0.4 is 0 Å². The van der Waals surface area contributed by atoms with Crippen LogP contribution in [0.3, 0.4) is 0 Å². The molecule has 0 bridgehead atoms. The average Bonchev–Trinajstić information content (AvgIpc) is 2.91. The maximum atomic E-state index is 2.29. The van der Waals surface area contributed by atoms with E-state index in [9.17, 15) is 0 Å². The van der Waals surface area contributed by atoms with Crippen molar-refractivity contribution in [1.82, 2.24) is 0 Å². The molecule has 0 atom stereocenters. The van der Waals surface area contributed by atoms with Gasteiger partial charge in [0.1, 0.15) is 0 Å². The van der Waals surface area contributed by atoms with Crippen molar-refractivity contribution in [3.05, 3.63) is 46.2 Å². The zero-order valence-corrected chi connectivity index (χ0v) is 13.4. The summed E-state index contributed by atoms with van der Waals surface area (Å²) in [5.74, 6) is 0. The van der Waals surface area contributed by atoms with Crippen molar-refractivity contribution in [2.24, 2.45) is 5.41 Å². The third kappa shape index (κ3) is 6.24. The van der Waals surface area contributed by atoms with E-state index in [2.05, 4.69) is 77.3 Å². The lowest BCUT2D eigenvalue weighted by atomic mass is 9.87. The first-order chi connectivity index (χ1) is 8.21. The first-order valence-electron chi connectivity index (χ1n) is 6.62. The molecule has 0 saturated carbocycles. The molecule has 0 fully saturated rings. The minimum absolute atomic E-state index is 0. The lowest BCUT2D eigenvalue weighted by Gasteiger charge is -2.18. The van der Waals surface area contributed by atoms with Crippen molar-refractivity contribution in [2.75, 3.05) is 0 Å². The molecule has 108 valence electrons. The van der Waals surface area contributed by atoms with Gasteiger partial charge in [0, 0.05) is 4.88 Å². The molecule has 0 N–H and O–H groups in total. The first kappa shape index (κ1) is 18.2. The molecule has 0 aromatic carbocycles. The second-order valence-corrected chi connectivity index (χ2v) is 7.72. The Bertz CT molecular complexity index is 406. The van der Waals surface area contributed by atoms with Gasteiger partial charge < -0.3 is 0 Å². The van der Waals surface area contributed by atoms with Crippen LogP contribution in [0.4, 0.5) is 0 Å². The molecule has 0 saturated heterocycles. The summed E-state index contributed by atoms with van der Waals surface area (Å²) >= 11 is 1.83. The predicted octanol–water partition coefficient (Wildman–Crippen LogP) is 6.60. The second-order valence-electron chi connectivity index (χ2n) is 6.77. The Morgan fingerprint density at radius 1 is 1.00 bits per heavy atom. The summed E-state index contributed by atoms with van der Waals surface area (Å²) in [5.41, 5.74) is 2.17. The van der Waals surface area contributed by atoms with Crippen molar-refractivity contribution in [1.29, 1.82) is 0 Å². The highest BCUT2D eigenvalue weighted by molar-refractivity contribution is 7.10. The van der Waals surface area contributed by atoms with E-state index in [1.165, 1.54) is 10.5 Å². The third-order valence-corrected chi connectivity index (χ3v) is 4.19. The van der Waals surface area contributed by atoms with E-state index in [0.29, 0.717) is 10.8 Å². The Morgan fingerprint density at radius 2 is 1.63 bits per heavy atom. The minimum atomic E-state index is 0. The van der Waals surface area contributed by atoms with Gasteiger partial charge in [-0.1, -0.05) is 73.3 Å². The molecule has 1 aliphatic carbocycles. The fourth-order valence-corrected chi connectivity index (χ4v) is 2.53. The Kier molecular flexibility index (Phi) is 6.79. The normalized spacial score (nSPS) is 14.3. The van der Waals surface area contributed by atoms with Gasteiger partial charge in [0.25, 0.3) is 0 Å². The van der Waals surface area contributed by atoms with E-state index >= 15 is 0 Å². The molecule has 0 aliphatic heterocycles. The quantitative estimate of drug-likeness (QED) is 0.501. The molecule has 1 aliphatic rings. The van der Waals surface area contributed by atoms with Crippen LogP contribution in [0.25, 0.3) is 0 Å². The molecule has 2 rings (SSSR count). The average molecular weight is 279 g/mol. The van der Waals surface area contributed by atoms with Gasteiger partial charge in [-0.2, -0.15) is 0 Å². The number of hydrogen-bond donors (Lipinski definition) is 0. The number of thiophene rings is 1. The van der Waals surface area contributed by atoms with Gasteiger partial charge in [-0.05, 0) is 34.3 Å². The molecular formula is C18H30S. The van der Waals surface area contributed by atoms with Crippen LogP contribution in [0.5, 0.6) is 0 Å². The molecule has 1 heteroatoms. The van der Waals surface area contributed by atoms with E-state index in [-0.39, 0.29) is 7.43 Å². The number of hydrogen-bond acceptors (Lipinski definition) is 1. The van der Waals surface area contributed by atoms with Crippen LogP contribution in [0.15, 0.2) is 41.3 Å². The smallest absolute Gasteiger partial charge is 0.00987 e. The maximum absolute atomic E-state index is 2.29. The van der Waals surface area contributed by atoms with Crippen LogP contribution in [0, 0.1) is 5.41 Å². The molecular weight excluding hydrogens is 248 g/mol. The molecule has 19 heavy (non-hydrogen) atoms. The molecule has 0 radical (unpaired) electrons. The Balaban J connectivity index is 0.000000324.